The average Bonchev–Trinajstić information content (AvgIpc) is 2.82. The second kappa shape index (κ2) is 9.84. The van der Waals surface area contributed by atoms with Crippen LogP contribution in [0, 0.1) is 6.92 Å². The normalized spacial score (nSPS) is 15.1. The molecular formula is C25H19ClN2O7S. The second-order valence-corrected chi connectivity index (χ2v) is 9.68. The van der Waals surface area contributed by atoms with Crippen LogP contribution in [0.25, 0.3) is 6.08 Å². The van der Waals surface area contributed by atoms with Gasteiger partial charge in [-0.2, -0.15) is 8.42 Å². The van der Waals surface area contributed by atoms with Crippen molar-refractivity contribution >= 4 is 51.3 Å². The zero-order chi connectivity index (χ0) is 26.0. The molecule has 36 heavy (non-hydrogen) atoms. The van der Waals surface area contributed by atoms with E-state index in [9.17, 15) is 22.8 Å². The summed E-state index contributed by atoms with van der Waals surface area (Å²) in [6.45, 7) is 1.83. The van der Waals surface area contributed by atoms with Crippen molar-refractivity contribution in [1.82, 2.24) is 5.32 Å². The number of rotatable bonds is 6. The maximum absolute atomic E-state index is 13.0. The van der Waals surface area contributed by atoms with Crippen molar-refractivity contribution in [3.05, 3.63) is 88.5 Å². The summed E-state index contributed by atoms with van der Waals surface area (Å²) in [6, 6.07) is 15.5. The monoisotopic (exact) mass is 526 g/mol. The van der Waals surface area contributed by atoms with E-state index >= 15 is 0 Å². The molecule has 11 heteroatoms. The van der Waals surface area contributed by atoms with Crippen molar-refractivity contribution in [2.45, 2.75) is 11.8 Å². The van der Waals surface area contributed by atoms with E-state index in [2.05, 4.69) is 5.32 Å². The molecule has 0 radical (unpaired) electrons. The van der Waals surface area contributed by atoms with Gasteiger partial charge < -0.3 is 8.92 Å². The van der Waals surface area contributed by atoms with Gasteiger partial charge in [-0.05, 0) is 61.0 Å². The third kappa shape index (κ3) is 5.09. The summed E-state index contributed by atoms with van der Waals surface area (Å²) in [4.78, 5) is 38.6. The van der Waals surface area contributed by atoms with Gasteiger partial charge in [-0.3, -0.25) is 14.9 Å². The van der Waals surface area contributed by atoms with Gasteiger partial charge in [0.05, 0.1) is 12.8 Å². The zero-order valence-electron chi connectivity index (χ0n) is 19.0. The minimum absolute atomic E-state index is 0.0309. The second-order valence-electron chi connectivity index (χ2n) is 7.70. The number of amides is 4. The number of carbonyl (C=O) groups is 3. The maximum Gasteiger partial charge on any atom is 0.339 e. The molecule has 3 aromatic rings. The Bertz CT molecular complexity index is 1520. The van der Waals surface area contributed by atoms with Crippen LogP contribution >= 0.6 is 11.6 Å². The fraction of sp³-hybridized carbons (Fsp3) is 0.0800. The Morgan fingerprint density at radius 3 is 2.33 bits per heavy atom. The van der Waals surface area contributed by atoms with E-state index in [4.69, 9.17) is 20.5 Å². The third-order valence-corrected chi connectivity index (χ3v) is 6.66. The Morgan fingerprint density at radius 1 is 0.944 bits per heavy atom. The third-order valence-electron chi connectivity index (χ3n) is 5.18. The molecule has 0 spiro atoms. The minimum Gasteiger partial charge on any atom is -0.493 e. The predicted molar refractivity (Wildman–Crippen MR) is 132 cm³/mol. The minimum atomic E-state index is -4.14. The molecule has 0 aliphatic carbocycles. The lowest BCUT2D eigenvalue weighted by Crippen LogP contribution is -2.54. The van der Waals surface area contributed by atoms with E-state index < -0.39 is 28.0 Å². The lowest BCUT2D eigenvalue weighted by molar-refractivity contribution is -0.122. The summed E-state index contributed by atoms with van der Waals surface area (Å²) in [5.74, 6) is -1.78. The Labute approximate surface area is 212 Å². The van der Waals surface area contributed by atoms with Gasteiger partial charge in [0.25, 0.3) is 11.8 Å². The van der Waals surface area contributed by atoms with Crippen LogP contribution in [0.4, 0.5) is 10.5 Å². The van der Waals surface area contributed by atoms with E-state index in [1.807, 2.05) is 6.92 Å². The van der Waals surface area contributed by atoms with Crippen LogP contribution in [0.15, 0.2) is 77.2 Å². The summed E-state index contributed by atoms with van der Waals surface area (Å²) in [5.41, 5.74) is 1.08. The van der Waals surface area contributed by atoms with Crippen LogP contribution in [0.2, 0.25) is 5.02 Å². The number of hydrogen-bond donors (Lipinski definition) is 1. The van der Waals surface area contributed by atoms with Crippen molar-refractivity contribution < 1.29 is 31.7 Å². The topological polar surface area (TPSA) is 119 Å². The van der Waals surface area contributed by atoms with Crippen LogP contribution in [0.1, 0.15) is 11.1 Å². The van der Waals surface area contributed by atoms with Crippen LogP contribution in [0.3, 0.4) is 0 Å². The molecule has 1 N–H and O–H groups in total. The number of ether oxygens (including phenoxy) is 1. The number of halogens is 1. The number of urea groups is 1. The Hall–Kier alpha value is -4.15. The molecule has 3 aromatic carbocycles. The van der Waals surface area contributed by atoms with Crippen molar-refractivity contribution in [2.75, 3.05) is 12.0 Å². The van der Waals surface area contributed by atoms with Gasteiger partial charge in [0, 0.05) is 5.02 Å². The number of nitrogens with one attached hydrogen (secondary N) is 1. The smallest absolute Gasteiger partial charge is 0.339 e. The molecule has 1 aliphatic heterocycles. The fourth-order valence-electron chi connectivity index (χ4n) is 3.39. The van der Waals surface area contributed by atoms with Crippen LogP contribution < -0.4 is 19.1 Å². The highest BCUT2D eigenvalue weighted by atomic mass is 35.5. The maximum atomic E-state index is 13.0. The predicted octanol–water partition coefficient (Wildman–Crippen LogP) is 4.09. The van der Waals surface area contributed by atoms with Crippen molar-refractivity contribution in [3.63, 3.8) is 0 Å². The number of aryl methyl sites for hydroxylation is 1. The highest BCUT2D eigenvalue weighted by molar-refractivity contribution is 7.87. The van der Waals surface area contributed by atoms with E-state index in [0.29, 0.717) is 10.6 Å². The number of barbiturate groups is 1. The van der Waals surface area contributed by atoms with Gasteiger partial charge in [0.2, 0.25) is 0 Å². The first-order valence-corrected chi connectivity index (χ1v) is 12.2. The molecule has 1 aliphatic rings. The molecule has 1 fully saturated rings. The summed E-state index contributed by atoms with van der Waals surface area (Å²) in [5, 5.41) is 2.42. The SMILES string of the molecule is COc1cc(/C=C2\C(=O)NC(=O)N(c3cccc(Cl)c3)C2=O)ccc1OS(=O)(=O)c1ccc(C)cc1. The van der Waals surface area contributed by atoms with E-state index in [1.54, 1.807) is 24.3 Å². The molecule has 0 atom stereocenters. The molecule has 0 bridgehead atoms. The lowest BCUT2D eigenvalue weighted by atomic mass is 10.1. The largest absolute Gasteiger partial charge is 0.493 e. The molecule has 0 unspecified atom stereocenters. The number of anilines is 1. The highest BCUT2D eigenvalue weighted by Crippen LogP contribution is 2.32. The molecule has 4 amide bonds. The zero-order valence-corrected chi connectivity index (χ0v) is 20.6. The van der Waals surface area contributed by atoms with Gasteiger partial charge in [-0.1, -0.05) is 41.4 Å². The molecule has 0 saturated carbocycles. The summed E-state index contributed by atoms with van der Waals surface area (Å²) in [6.07, 6.45) is 1.25. The first-order valence-electron chi connectivity index (χ1n) is 10.5. The van der Waals surface area contributed by atoms with Crippen molar-refractivity contribution in [1.29, 1.82) is 0 Å². The van der Waals surface area contributed by atoms with Crippen LogP contribution in [-0.2, 0) is 19.7 Å². The molecule has 184 valence electrons. The number of nitrogens with zero attached hydrogens (tertiary/aromatic N) is 1. The molecule has 1 saturated heterocycles. The summed E-state index contributed by atoms with van der Waals surface area (Å²) < 4.78 is 35.8. The van der Waals surface area contributed by atoms with Crippen molar-refractivity contribution in [2.24, 2.45) is 0 Å². The van der Waals surface area contributed by atoms with E-state index in [-0.39, 0.29) is 27.7 Å². The lowest BCUT2D eigenvalue weighted by Gasteiger charge is -2.26. The highest BCUT2D eigenvalue weighted by Gasteiger charge is 2.37. The van der Waals surface area contributed by atoms with Gasteiger partial charge in [-0.15, -0.1) is 0 Å². The molecule has 1 heterocycles. The standard InChI is InChI=1S/C25H19ClN2O7S/c1-15-6-9-19(10-7-15)36(32,33)35-21-11-8-16(13-22(21)34-2)12-20-23(29)27-25(31)28(24(20)30)18-5-3-4-17(26)14-18/h3-14H,1-2H3,(H,27,29,31)/b20-12+. The number of imide groups is 2. The number of carbonyl (C=O) groups excluding carboxylic acids is 3. The number of methoxy groups -OCH3 is 1. The Balaban J connectivity index is 1.65. The van der Waals surface area contributed by atoms with Gasteiger partial charge in [0.1, 0.15) is 10.5 Å². The molecule has 4 rings (SSSR count). The quantitative estimate of drug-likeness (QED) is 0.292. The first-order chi connectivity index (χ1) is 17.1. The number of benzene rings is 3. The summed E-state index contributed by atoms with van der Waals surface area (Å²) in [7, 11) is -2.82. The van der Waals surface area contributed by atoms with E-state index in [0.717, 1.165) is 10.5 Å². The van der Waals surface area contributed by atoms with Gasteiger partial charge in [0.15, 0.2) is 11.5 Å². The fourth-order valence-corrected chi connectivity index (χ4v) is 4.51. The van der Waals surface area contributed by atoms with Gasteiger partial charge >= 0.3 is 16.1 Å². The van der Waals surface area contributed by atoms with Crippen LogP contribution in [-0.4, -0.2) is 33.4 Å². The van der Waals surface area contributed by atoms with E-state index in [1.165, 1.54) is 55.7 Å². The first kappa shape index (κ1) is 25.0. The molecule has 9 nitrogen and oxygen atoms in total. The Kier molecular flexibility index (Phi) is 6.82. The Morgan fingerprint density at radius 2 is 1.67 bits per heavy atom. The van der Waals surface area contributed by atoms with Crippen LogP contribution in [0.5, 0.6) is 11.5 Å². The summed E-state index contributed by atoms with van der Waals surface area (Å²) >= 11 is 5.97. The average molecular weight is 527 g/mol. The molecular weight excluding hydrogens is 508 g/mol. The molecule has 0 aromatic heterocycles. The van der Waals surface area contributed by atoms with Crippen molar-refractivity contribution in [3.8, 4) is 11.5 Å². The van der Waals surface area contributed by atoms with Gasteiger partial charge in [-0.25, -0.2) is 9.69 Å². The number of hydrogen-bond acceptors (Lipinski definition) is 7.